The SMILES string of the molecule is Nc1ncncc1C(N)Cc1ccccc1. The molecule has 2 aromatic rings. The van der Waals surface area contributed by atoms with E-state index >= 15 is 0 Å². The van der Waals surface area contributed by atoms with Crippen LogP contribution in [0.1, 0.15) is 17.2 Å². The Morgan fingerprint density at radius 1 is 1.19 bits per heavy atom. The minimum absolute atomic E-state index is 0.163. The average Bonchev–Trinajstić information content (AvgIpc) is 2.31. The number of benzene rings is 1. The molecule has 0 saturated heterocycles. The number of nitrogens with two attached hydrogens (primary N) is 2. The largest absolute Gasteiger partial charge is 0.383 e. The molecule has 0 fully saturated rings. The first-order valence-electron chi connectivity index (χ1n) is 5.12. The van der Waals surface area contributed by atoms with Crippen molar-refractivity contribution in [2.24, 2.45) is 5.73 Å². The molecule has 0 aliphatic heterocycles. The molecule has 0 aliphatic rings. The summed E-state index contributed by atoms with van der Waals surface area (Å²) in [6.45, 7) is 0. The van der Waals surface area contributed by atoms with Crippen molar-refractivity contribution in [3.63, 3.8) is 0 Å². The summed E-state index contributed by atoms with van der Waals surface area (Å²) in [4.78, 5) is 7.87. The van der Waals surface area contributed by atoms with Crippen LogP contribution < -0.4 is 11.5 Å². The molecule has 0 radical (unpaired) electrons. The van der Waals surface area contributed by atoms with Crippen LogP contribution in [0.3, 0.4) is 0 Å². The number of rotatable bonds is 3. The van der Waals surface area contributed by atoms with Crippen LogP contribution in [-0.2, 0) is 6.42 Å². The quantitative estimate of drug-likeness (QED) is 0.807. The van der Waals surface area contributed by atoms with E-state index < -0.39 is 0 Å². The zero-order valence-corrected chi connectivity index (χ0v) is 8.88. The van der Waals surface area contributed by atoms with Gasteiger partial charge >= 0.3 is 0 Å². The molecule has 1 aromatic carbocycles. The van der Waals surface area contributed by atoms with E-state index in [0.717, 1.165) is 12.0 Å². The molecule has 4 nitrogen and oxygen atoms in total. The summed E-state index contributed by atoms with van der Waals surface area (Å²) >= 11 is 0. The first-order valence-corrected chi connectivity index (χ1v) is 5.12. The van der Waals surface area contributed by atoms with E-state index in [9.17, 15) is 0 Å². The first-order chi connectivity index (χ1) is 7.77. The fourth-order valence-electron chi connectivity index (χ4n) is 1.61. The van der Waals surface area contributed by atoms with Crippen LogP contribution in [0.15, 0.2) is 42.9 Å². The van der Waals surface area contributed by atoms with E-state index in [4.69, 9.17) is 11.5 Å². The van der Waals surface area contributed by atoms with Gasteiger partial charge in [-0.25, -0.2) is 9.97 Å². The fourth-order valence-corrected chi connectivity index (χ4v) is 1.61. The van der Waals surface area contributed by atoms with Gasteiger partial charge in [0.15, 0.2) is 0 Å². The molecule has 0 aliphatic carbocycles. The summed E-state index contributed by atoms with van der Waals surface area (Å²) < 4.78 is 0. The minimum Gasteiger partial charge on any atom is -0.383 e. The third kappa shape index (κ3) is 2.35. The monoisotopic (exact) mass is 214 g/mol. The van der Waals surface area contributed by atoms with Crippen LogP contribution in [0, 0.1) is 0 Å². The number of hydrogen-bond donors (Lipinski definition) is 2. The summed E-state index contributed by atoms with van der Waals surface area (Å²) in [6, 6.07) is 9.89. The van der Waals surface area contributed by atoms with Gasteiger partial charge in [0.25, 0.3) is 0 Å². The summed E-state index contributed by atoms with van der Waals surface area (Å²) in [6.07, 6.45) is 3.84. The van der Waals surface area contributed by atoms with Crippen LogP contribution in [0.2, 0.25) is 0 Å². The van der Waals surface area contributed by atoms with Crippen molar-refractivity contribution in [3.8, 4) is 0 Å². The number of hydrogen-bond acceptors (Lipinski definition) is 4. The van der Waals surface area contributed by atoms with Gasteiger partial charge in [-0.05, 0) is 12.0 Å². The van der Waals surface area contributed by atoms with Gasteiger partial charge < -0.3 is 11.5 Å². The lowest BCUT2D eigenvalue weighted by atomic mass is 10.0. The van der Waals surface area contributed by atoms with Crippen molar-refractivity contribution in [1.29, 1.82) is 0 Å². The first kappa shape index (κ1) is 10.6. The highest BCUT2D eigenvalue weighted by Gasteiger charge is 2.10. The minimum atomic E-state index is -0.163. The van der Waals surface area contributed by atoms with Crippen LogP contribution >= 0.6 is 0 Å². The standard InChI is InChI=1S/C12H14N4/c13-11(6-9-4-2-1-3-5-9)10-7-15-8-16-12(10)14/h1-5,7-8,11H,6,13H2,(H2,14,15,16). The van der Waals surface area contributed by atoms with Crippen LogP contribution in [0.5, 0.6) is 0 Å². The van der Waals surface area contributed by atoms with Gasteiger partial charge in [-0.1, -0.05) is 30.3 Å². The Morgan fingerprint density at radius 3 is 2.62 bits per heavy atom. The molecule has 4 N–H and O–H groups in total. The Balaban J connectivity index is 2.15. The molecule has 1 atom stereocenters. The zero-order chi connectivity index (χ0) is 11.4. The lowest BCUT2D eigenvalue weighted by molar-refractivity contribution is 0.716. The molecule has 1 aromatic heterocycles. The molecule has 0 spiro atoms. The highest BCUT2D eigenvalue weighted by molar-refractivity contribution is 5.39. The smallest absolute Gasteiger partial charge is 0.131 e. The number of nitrogens with zero attached hydrogens (tertiary/aromatic N) is 2. The van der Waals surface area contributed by atoms with E-state index in [1.807, 2.05) is 30.3 Å². The lowest BCUT2D eigenvalue weighted by Gasteiger charge is -2.12. The van der Waals surface area contributed by atoms with Gasteiger partial charge in [-0.3, -0.25) is 0 Å². The second-order valence-corrected chi connectivity index (χ2v) is 3.66. The van der Waals surface area contributed by atoms with Gasteiger partial charge in [0.1, 0.15) is 12.1 Å². The average molecular weight is 214 g/mol. The van der Waals surface area contributed by atoms with E-state index in [2.05, 4.69) is 9.97 Å². The lowest BCUT2D eigenvalue weighted by Crippen LogP contribution is -2.16. The Labute approximate surface area is 94.3 Å². The topological polar surface area (TPSA) is 77.8 Å². The third-order valence-corrected chi connectivity index (χ3v) is 2.47. The van der Waals surface area contributed by atoms with Gasteiger partial charge in [0.05, 0.1) is 0 Å². The van der Waals surface area contributed by atoms with E-state index in [1.165, 1.54) is 11.9 Å². The second kappa shape index (κ2) is 4.72. The van der Waals surface area contributed by atoms with Crippen LogP contribution in [-0.4, -0.2) is 9.97 Å². The number of nitrogen functional groups attached to an aromatic ring is 1. The van der Waals surface area contributed by atoms with Gasteiger partial charge in [0, 0.05) is 17.8 Å². The summed E-state index contributed by atoms with van der Waals surface area (Å²) in [5.74, 6) is 0.457. The van der Waals surface area contributed by atoms with Crippen LogP contribution in [0.4, 0.5) is 5.82 Å². The van der Waals surface area contributed by atoms with E-state index in [1.54, 1.807) is 6.20 Å². The van der Waals surface area contributed by atoms with E-state index in [-0.39, 0.29) is 6.04 Å². The van der Waals surface area contributed by atoms with Crippen molar-refractivity contribution >= 4 is 5.82 Å². The normalized spacial score (nSPS) is 12.3. The van der Waals surface area contributed by atoms with Crippen molar-refractivity contribution in [1.82, 2.24) is 9.97 Å². The molecule has 2 rings (SSSR count). The molecule has 1 heterocycles. The van der Waals surface area contributed by atoms with Gasteiger partial charge in [-0.2, -0.15) is 0 Å². The van der Waals surface area contributed by atoms with Crippen molar-refractivity contribution in [3.05, 3.63) is 54.0 Å². The summed E-state index contributed by atoms with van der Waals surface area (Å²) in [5.41, 5.74) is 13.8. The molecule has 0 amide bonds. The molecule has 16 heavy (non-hydrogen) atoms. The Morgan fingerprint density at radius 2 is 1.94 bits per heavy atom. The second-order valence-electron chi connectivity index (χ2n) is 3.66. The molecule has 0 saturated carbocycles. The number of aromatic nitrogens is 2. The maximum atomic E-state index is 6.07. The Hall–Kier alpha value is -1.94. The third-order valence-electron chi connectivity index (χ3n) is 2.47. The van der Waals surface area contributed by atoms with Gasteiger partial charge in [-0.15, -0.1) is 0 Å². The summed E-state index contributed by atoms with van der Waals surface area (Å²) in [5, 5.41) is 0. The molecular weight excluding hydrogens is 200 g/mol. The Bertz CT molecular complexity index is 456. The highest BCUT2D eigenvalue weighted by Crippen LogP contribution is 2.18. The van der Waals surface area contributed by atoms with E-state index in [0.29, 0.717) is 5.82 Å². The predicted octanol–water partition coefficient (Wildman–Crippen LogP) is 1.30. The van der Waals surface area contributed by atoms with Gasteiger partial charge in [0.2, 0.25) is 0 Å². The van der Waals surface area contributed by atoms with Crippen molar-refractivity contribution in [2.45, 2.75) is 12.5 Å². The summed E-state index contributed by atoms with van der Waals surface area (Å²) in [7, 11) is 0. The molecular formula is C12H14N4. The molecule has 82 valence electrons. The fraction of sp³-hybridized carbons (Fsp3) is 0.167. The van der Waals surface area contributed by atoms with Crippen molar-refractivity contribution < 1.29 is 0 Å². The molecule has 4 heteroatoms. The maximum absolute atomic E-state index is 6.07. The van der Waals surface area contributed by atoms with Crippen LogP contribution in [0.25, 0.3) is 0 Å². The zero-order valence-electron chi connectivity index (χ0n) is 8.88. The molecule has 1 unspecified atom stereocenters. The number of anilines is 1. The predicted molar refractivity (Wildman–Crippen MR) is 63.5 cm³/mol. The maximum Gasteiger partial charge on any atom is 0.131 e. The Kier molecular flexibility index (Phi) is 3.12. The molecule has 0 bridgehead atoms. The highest BCUT2D eigenvalue weighted by atomic mass is 14.9. The van der Waals surface area contributed by atoms with Crippen molar-refractivity contribution in [2.75, 3.05) is 5.73 Å².